The van der Waals surface area contributed by atoms with E-state index in [-0.39, 0.29) is 6.04 Å². The summed E-state index contributed by atoms with van der Waals surface area (Å²) in [4.78, 5) is 2.41. The zero-order valence-corrected chi connectivity index (χ0v) is 15.6. The highest BCUT2D eigenvalue weighted by Crippen LogP contribution is 2.16. The van der Waals surface area contributed by atoms with Crippen LogP contribution in [0.4, 0.5) is 0 Å². The molecule has 0 bridgehead atoms. The molecule has 0 aliphatic heterocycles. The van der Waals surface area contributed by atoms with Gasteiger partial charge in [0.2, 0.25) is 10.0 Å². The maximum atomic E-state index is 12.6. The van der Waals surface area contributed by atoms with E-state index in [0.717, 1.165) is 17.5 Å². The summed E-state index contributed by atoms with van der Waals surface area (Å²) in [6.07, 6.45) is 0.795. The highest BCUT2D eigenvalue weighted by Gasteiger charge is 2.20. The number of nitrogens with one attached hydrogen (secondary N) is 1. The molecule has 0 spiro atoms. The van der Waals surface area contributed by atoms with Crippen molar-refractivity contribution in [1.29, 1.82) is 0 Å². The molecule has 0 aromatic heterocycles. The van der Waals surface area contributed by atoms with Gasteiger partial charge >= 0.3 is 0 Å². The molecule has 130 valence electrons. The minimum Gasteiger partial charge on any atom is -0.305 e. The van der Waals surface area contributed by atoms with Crippen molar-refractivity contribution in [2.24, 2.45) is 0 Å². The Labute approximate surface area is 145 Å². The standard InChI is InChI=1S/C19H26N2O2S/c1-15-10-11-19(16(2)12-15)24(22,23)20-14-18(21(3)4)13-17-8-6-5-7-9-17/h5-12,18,20H,13-14H2,1-4H3. The fourth-order valence-corrected chi connectivity index (χ4v) is 4.01. The van der Waals surface area contributed by atoms with Crippen molar-refractivity contribution in [1.82, 2.24) is 9.62 Å². The molecular formula is C19H26N2O2S. The van der Waals surface area contributed by atoms with Crippen LogP contribution in [0, 0.1) is 13.8 Å². The molecule has 0 amide bonds. The maximum absolute atomic E-state index is 12.6. The molecule has 2 rings (SSSR count). The molecule has 0 aliphatic rings. The summed E-state index contributed by atoms with van der Waals surface area (Å²) in [6.45, 7) is 4.16. The second-order valence-corrected chi connectivity index (χ2v) is 8.16. The highest BCUT2D eigenvalue weighted by molar-refractivity contribution is 7.89. The van der Waals surface area contributed by atoms with Crippen LogP contribution in [0.5, 0.6) is 0 Å². The molecule has 0 heterocycles. The van der Waals surface area contributed by atoms with Gasteiger partial charge in [0.1, 0.15) is 0 Å². The Morgan fingerprint density at radius 1 is 1.04 bits per heavy atom. The minimum atomic E-state index is -3.51. The van der Waals surface area contributed by atoms with E-state index >= 15 is 0 Å². The molecule has 4 nitrogen and oxygen atoms in total. The lowest BCUT2D eigenvalue weighted by Crippen LogP contribution is -2.41. The van der Waals surface area contributed by atoms with Crippen molar-refractivity contribution in [3.05, 3.63) is 65.2 Å². The molecule has 0 saturated heterocycles. The van der Waals surface area contributed by atoms with Gasteiger partial charge in [-0.2, -0.15) is 0 Å². The zero-order valence-electron chi connectivity index (χ0n) is 14.8. The average Bonchev–Trinajstić information content (AvgIpc) is 2.51. The number of hydrogen-bond acceptors (Lipinski definition) is 3. The summed E-state index contributed by atoms with van der Waals surface area (Å²) in [5, 5.41) is 0. The van der Waals surface area contributed by atoms with E-state index in [4.69, 9.17) is 0 Å². The van der Waals surface area contributed by atoms with E-state index in [1.807, 2.05) is 58.3 Å². The van der Waals surface area contributed by atoms with Crippen LogP contribution >= 0.6 is 0 Å². The third kappa shape index (κ3) is 4.90. The maximum Gasteiger partial charge on any atom is 0.240 e. The van der Waals surface area contributed by atoms with Crippen LogP contribution in [-0.4, -0.2) is 40.0 Å². The second-order valence-electron chi connectivity index (χ2n) is 6.43. The number of rotatable bonds is 7. The molecule has 1 unspecified atom stereocenters. The Hall–Kier alpha value is -1.69. The van der Waals surface area contributed by atoms with Gasteiger partial charge in [-0.1, -0.05) is 48.0 Å². The van der Waals surface area contributed by atoms with Crippen LogP contribution in [0.2, 0.25) is 0 Å². The van der Waals surface area contributed by atoms with E-state index in [2.05, 4.69) is 21.8 Å². The summed E-state index contributed by atoms with van der Waals surface area (Å²) in [7, 11) is 0.437. The quantitative estimate of drug-likeness (QED) is 0.839. The van der Waals surface area contributed by atoms with Crippen LogP contribution in [0.15, 0.2) is 53.4 Å². The van der Waals surface area contributed by atoms with Gasteiger partial charge in [0, 0.05) is 12.6 Å². The topological polar surface area (TPSA) is 49.4 Å². The molecule has 2 aromatic carbocycles. The first-order valence-electron chi connectivity index (χ1n) is 8.07. The highest BCUT2D eigenvalue weighted by atomic mass is 32.2. The molecule has 0 aliphatic carbocycles. The van der Waals surface area contributed by atoms with Gasteiger partial charge in [-0.15, -0.1) is 0 Å². The van der Waals surface area contributed by atoms with Crippen molar-refractivity contribution in [2.75, 3.05) is 20.6 Å². The molecule has 1 atom stereocenters. The number of nitrogens with zero attached hydrogens (tertiary/aromatic N) is 1. The summed E-state index contributed by atoms with van der Waals surface area (Å²) >= 11 is 0. The summed E-state index contributed by atoms with van der Waals surface area (Å²) < 4.78 is 28.0. The Morgan fingerprint density at radius 3 is 2.29 bits per heavy atom. The fraction of sp³-hybridized carbons (Fsp3) is 0.368. The van der Waals surface area contributed by atoms with Crippen LogP contribution in [-0.2, 0) is 16.4 Å². The lowest BCUT2D eigenvalue weighted by molar-refractivity contribution is 0.291. The van der Waals surface area contributed by atoms with Crippen molar-refractivity contribution in [3.63, 3.8) is 0 Å². The Balaban J connectivity index is 2.10. The monoisotopic (exact) mass is 346 g/mol. The minimum absolute atomic E-state index is 0.0907. The molecule has 1 N–H and O–H groups in total. The third-order valence-corrected chi connectivity index (χ3v) is 5.76. The van der Waals surface area contributed by atoms with Gasteiger partial charge in [0.05, 0.1) is 4.90 Å². The fourth-order valence-electron chi connectivity index (χ4n) is 2.71. The molecule has 0 fully saturated rings. The van der Waals surface area contributed by atoms with Crippen LogP contribution in [0.1, 0.15) is 16.7 Å². The lowest BCUT2D eigenvalue weighted by Gasteiger charge is -2.25. The molecule has 2 aromatic rings. The van der Waals surface area contributed by atoms with Gasteiger partial charge in [0.15, 0.2) is 0 Å². The summed E-state index contributed by atoms with van der Waals surface area (Å²) in [5.41, 5.74) is 3.02. The SMILES string of the molecule is Cc1ccc(S(=O)(=O)NCC(Cc2ccccc2)N(C)C)c(C)c1. The first-order valence-corrected chi connectivity index (χ1v) is 9.55. The normalized spacial score (nSPS) is 13.2. The molecule has 5 heteroatoms. The Kier molecular flexibility index (Phi) is 6.15. The largest absolute Gasteiger partial charge is 0.305 e. The lowest BCUT2D eigenvalue weighted by atomic mass is 10.1. The van der Waals surface area contributed by atoms with Crippen molar-refractivity contribution < 1.29 is 8.42 Å². The first-order chi connectivity index (χ1) is 11.3. The molecule has 0 saturated carbocycles. The number of sulfonamides is 1. The second kappa shape index (κ2) is 7.92. The summed E-state index contributed by atoms with van der Waals surface area (Å²) in [6, 6.07) is 15.6. The Morgan fingerprint density at radius 2 is 1.71 bits per heavy atom. The van der Waals surface area contributed by atoms with Gasteiger partial charge in [-0.05, 0) is 51.6 Å². The van der Waals surface area contributed by atoms with E-state index in [0.29, 0.717) is 11.4 Å². The van der Waals surface area contributed by atoms with E-state index in [9.17, 15) is 8.42 Å². The van der Waals surface area contributed by atoms with Crippen molar-refractivity contribution >= 4 is 10.0 Å². The number of benzene rings is 2. The number of hydrogen-bond donors (Lipinski definition) is 1. The molecular weight excluding hydrogens is 320 g/mol. The first kappa shape index (κ1) is 18.6. The average molecular weight is 346 g/mol. The predicted molar refractivity (Wildman–Crippen MR) is 98.7 cm³/mol. The van der Waals surface area contributed by atoms with Crippen molar-refractivity contribution in [2.45, 2.75) is 31.2 Å². The predicted octanol–water partition coefficient (Wildman–Crippen LogP) is 2.75. The zero-order chi connectivity index (χ0) is 17.7. The van der Waals surface area contributed by atoms with E-state index < -0.39 is 10.0 Å². The van der Waals surface area contributed by atoms with Gasteiger partial charge in [0.25, 0.3) is 0 Å². The van der Waals surface area contributed by atoms with Crippen molar-refractivity contribution in [3.8, 4) is 0 Å². The number of aryl methyl sites for hydroxylation is 2. The number of likely N-dealkylation sites (N-methyl/N-ethyl adjacent to an activating group) is 1. The van der Waals surface area contributed by atoms with Gasteiger partial charge < -0.3 is 4.90 Å². The smallest absolute Gasteiger partial charge is 0.240 e. The van der Waals surface area contributed by atoms with E-state index in [1.54, 1.807) is 6.07 Å². The van der Waals surface area contributed by atoms with Crippen LogP contribution in [0.3, 0.4) is 0 Å². The Bertz CT molecular complexity index is 771. The molecule has 24 heavy (non-hydrogen) atoms. The van der Waals surface area contributed by atoms with Gasteiger partial charge in [-0.25, -0.2) is 13.1 Å². The molecule has 0 radical (unpaired) electrons. The van der Waals surface area contributed by atoms with Crippen LogP contribution in [0.25, 0.3) is 0 Å². The van der Waals surface area contributed by atoms with Gasteiger partial charge in [-0.3, -0.25) is 0 Å². The summed E-state index contributed by atoms with van der Waals surface area (Å²) in [5.74, 6) is 0. The van der Waals surface area contributed by atoms with E-state index in [1.165, 1.54) is 5.56 Å². The van der Waals surface area contributed by atoms with Crippen LogP contribution < -0.4 is 4.72 Å². The third-order valence-electron chi connectivity index (χ3n) is 4.17.